The Labute approximate surface area is 137 Å². The van der Waals surface area contributed by atoms with Crippen molar-refractivity contribution in [2.75, 3.05) is 5.88 Å². The highest BCUT2D eigenvalue weighted by molar-refractivity contribution is 9.10. The molecule has 2 heterocycles. The number of aromatic nitrogens is 3. The summed E-state index contributed by atoms with van der Waals surface area (Å²) in [7, 11) is 0. The maximum absolute atomic E-state index is 6.00. The van der Waals surface area contributed by atoms with Crippen LogP contribution in [0.1, 0.15) is 31.1 Å². The molecule has 2 bridgehead atoms. The third kappa shape index (κ3) is 1.72. The van der Waals surface area contributed by atoms with Crippen molar-refractivity contribution >= 4 is 38.7 Å². The Morgan fingerprint density at radius 2 is 2.05 bits per heavy atom. The van der Waals surface area contributed by atoms with Gasteiger partial charge in [-0.15, -0.1) is 11.6 Å². The minimum absolute atomic E-state index is 0.624. The van der Waals surface area contributed by atoms with Crippen LogP contribution in [0.3, 0.4) is 0 Å². The van der Waals surface area contributed by atoms with Crippen LogP contribution >= 0.6 is 27.5 Å². The average molecular weight is 367 g/mol. The Kier molecular flexibility index (Phi) is 2.73. The zero-order valence-electron chi connectivity index (χ0n) is 11.7. The number of aryl methyl sites for hydroxylation is 1. The first-order valence-corrected chi connectivity index (χ1v) is 9.19. The van der Waals surface area contributed by atoms with Crippen molar-refractivity contribution in [2.24, 2.45) is 23.7 Å². The second kappa shape index (κ2) is 4.45. The molecule has 0 amide bonds. The summed E-state index contributed by atoms with van der Waals surface area (Å²) in [5.41, 5.74) is 2.05. The highest BCUT2D eigenvalue weighted by Crippen LogP contribution is 2.71. The van der Waals surface area contributed by atoms with Crippen LogP contribution in [0.4, 0.5) is 0 Å². The molecule has 0 radical (unpaired) electrons. The molecule has 0 N–H and O–H groups in total. The van der Waals surface area contributed by atoms with Gasteiger partial charge < -0.3 is 4.57 Å². The minimum Gasteiger partial charge on any atom is -0.309 e. The third-order valence-corrected chi connectivity index (χ3v) is 6.50. The fourth-order valence-corrected chi connectivity index (χ4v) is 5.69. The number of hydrogen-bond acceptors (Lipinski definition) is 2. The topological polar surface area (TPSA) is 30.7 Å². The monoisotopic (exact) mass is 365 g/mol. The zero-order chi connectivity index (χ0) is 14.1. The van der Waals surface area contributed by atoms with Crippen molar-refractivity contribution in [1.29, 1.82) is 0 Å². The van der Waals surface area contributed by atoms with E-state index in [0.29, 0.717) is 11.9 Å². The van der Waals surface area contributed by atoms with Crippen molar-refractivity contribution in [3.8, 4) is 0 Å². The zero-order valence-corrected chi connectivity index (χ0v) is 14.0. The van der Waals surface area contributed by atoms with Gasteiger partial charge in [-0.1, -0.05) is 0 Å². The Morgan fingerprint density at radius 1 is 1.29 bits per heavy atom. The smallest absolute Gasteiger partial charge is 0.160 e. The predicted molar refractivity (Wildman–Crippen MR) is 86.5 cm³/mol. The van der Waals surface area contributed by atoms with E-state index in [-0.39, 0.29) is 0 Å². The highest BCUT2D eigenvalue weighted by atomic mass is 79.9. The van der Waals surface area contributed by atoms with E-state index < -0.39 is 0 Å². The number of fused-ring (bicyclic) bond motifs is 6. The molecular formula is C16H17BrClN3. The third-order valence-electron chi connectivity index (χ3n) is 5.88. The van der Waals surface area contributed by atoms with Crippen LogP contribution in [0, 0.1) is 23.7 Å². The second-order valence-electron chi connectivity index (χ2n) is 6.81. The molecule has 3 saturated carbocycles. The molecule has 5 rings (SSSR count). The largest absolute Gasteiger partial charge is 0.309 e. The van der Waals surface area contributed by atoms with Gasteiger partial charge in [0.2, 0.25) is 0 Å². The average Bonchev–Trinajstić information content (AvgIpc) is 2.82. The molecule has 0 aromatic carbocycles. The summed E-state index contributed by atoms with van der Waals surface area (Å²) in [6, 6.07) is 2.72. The molecule has 110 valence electrons. The molecule has 3 nitrogen and oxygen atoms in total. The number of pyridine rings is 1. The Hall–Kier alpha value is -0.610. The molecule has 3 fully saturated rings. The molecule has 4 unspecified atom stereocenters. The van der Waals surface area contributed by atoms with E-state index in [0.717, 1.165) is 51.6 Å². The van der Waals surface area contributed by atoms with Gasteiger partial charge in [0.15, 0.2) is 5.65 Å². The van der Waals surface area contributed by atoms with Crippen LogP contribution in [0.2, 0.25) is 0 Å². The first-order chi connectivity index (χ1) is 10.3. The molecule has 0 aliphatic heterocycles. The maximum Gasteiger partial charge on any atom is 0.160 e. The van der Waals surface area contributed by atoms with Gasteiger partial charge in [0.25, 0.3) is 0 Å². The summed E-state index contributed by atoms with van der Waals surface area (Å²) < 4.78 is 3.43. The second-order valence-corrected chi connectivity index (χ2v) is 8.11. The fourth-order valence-electron chi connectivity index (χ4n) is 5.20. The fraction of sp³-hybridized carbons (Fsp3) is 0.625. The number of rotatable bonds is 3. The van der Waals surface area contributed by atoms with Crippen LogP contribution in [0.5, 0.6) is 0 Å². The van der Waals surface area contributed by atoms with Crippen LogP contribution in [0.25, 0.3) is 11.2 Å². The van der Waals surface area contributed by atoms with Crippen molar-refractivity contribution in [1.82, 2.24) is 14.5 Å². The SMILES string of the molecule is ClCCc1nc2cc(Br)cnc2n1C1C2C3CCC(C3)C21. The lowest BCUT2D eigenvalue weighted by molar-refractivity contribution is 0.451. The number of hydrogen-bond donors (Lipinski definition) is 0. The first-order valence-electron chi connectivity index (χ1n) is 7.86. The lowest BCUT2D eigenvalue weighted by Gasteiger charge is -2.13. The van der Waals surface area contributed by atoms with Gasteiger partial charge in [-0.2, -0.15) is 0 Å². The van der Waals surface area contributed by atoms with E-state index in [1.807, 2.05) is 6.20 Å². The van der Waals surface area contributed by atoms with E-state index in [1.165, 1.54) is 19.3 Å². The molecule has 3 aliphatic rings. The maximum atomic E-state index is 6.00. The van der Waals surface area contributed by atoms with Crippen LogP contribution in [-0.4, -0.2) is 20.4 Å². The standard InChI is InChI=1S/C16H17BrClN3/c17-10-6-11-16(19-7-10)21(12(20-11)3-4-18)15-13-8-1-2-9(5-8)14(13)15/h6-9,13-15H,1-5H2. The van der Waals surface area contributed by atoms with Crippen LogP contribution < -0.4 is 0 Å². The lowest BCUT2D eigenvalue weighted by atomic mass is 10.0. The summed E-state index contributed by atoms with van der Waals surface area (Å²) in [5.74, 6) is 5.45. The molecular weight excluding hydrogens is 350 g/mol. The summed E-state index contributed by atoms with van der Waals surface area (Å²) >= 11 is 9.50. The summed E-state index contributed by atoms with van der Waals surface area (Å²) in [6.07, 6.45) is 7.08. The molecule has 0 saturated heterocycles. The van der Waals surface area contributed by atoms with Gasteiger partial charge in [-0.25, -0.2) is 9.97 Å². The Balaban J connectivity index is 1.63. The number of alkyl halides is 1. The minimum atomic E-state index is 0.624. The molecule has 0 spiro atoms. The summed E-state index contributed by atoms with van der Waals surface area (Å²) in [4.78, 5) is 9.46. The molecule has 2 aromatic rings. The quantitative estimate of drug-likeness (QED) is 0.763. The van der Waals surface area contributed by atoms with E-state index in [1.54, 1.807) is 0 Å². The van der Waals surface area contributed by atoms with Gasteiger partial charge >= 0.3 is 0 Å². The molecule has 5 heteroatoms. The summed E-state index contributed by atoms with van der Waals surface area (Å²) in [6.45, 7) is 0. The first kappa shape index (κ1) is 12.9. The van der Waals surface area contributed by atoms with E-state index in [2.05, 4.69) is 31.5 Å². The lowest BCUT2D eigenvalue weighted by Crippen LogP contribution is -2.09. The van der Waals surface area contributed by atoms with Crippen molar-refractivity contribution < 1.29 is 0 Å². The number of halogens is 2. The molecule has 21 heavy (non-hydrogen) atoms. The molecule has 2 aromatic heterocycles. The van der Waals surface area contributed by atoms with Crippen molar-refractivity contribution in [3.63, 3.8) is 0 Å². The van der Waals surface area contributed by atoms with Crippen LogP contribution in [0.15, 0.2) is 16.7 Å². The Morgan fingerprint density at radius 3 is 2.76 bits per heavy atom. The van der Waals surface area contributed by atoms with Crippen LogP contribution in [-0.2, 0) is 6.42 Å². The van der Waals surface area contributed by atoms with Crippen molar-refractivity contribution in [2.45, 2.75) is 31.7 Å². The number of nitrogens with zero attached hydrogens (tertiary/aromatic N) is 3. The van der Waals surface area contributed by atoms with Gasteiger partial charge in [0.05, 0.1) is 0 Å². The van der Waals surface area contributed by atoms with E-state index in [4.69, 9.17) is 16.6 Å². The van der Waals surface area contributed by atoms with Gasteiger partial charge in [0.1, 0.15) is 11.3 Å². The number of imidazole rings is 1. The van der Waals surface area contributed by atoms with Gasteiger partial charge in [-0.05, 0) is 64.9 Å². The Bertz CT molecular complexity index is 712. The summed E-state index contributed by atoms with van der Waals surface area (Å²) in [5, 5.41) is 0. The van der Waals surface area contributed by atoms with Crippen molar-refractivity contribution in [3.05, 3.63) is 22.6 Å². The van der Waals surface area contributed by atoms with Gasteiger partial charge in [-0.3, -0.25) is 0 Å². The molecule has 4 atom stereocenters. The van der Waals surface area contributed by atoms with Gasteiger partial charge in [0, 0.05) is 29.0 Å². The molecule has 3 aliphatic carbocycles. The van der Waals surface area contributed by atoms with E-state index in [9.17, 15) is 0 Å². The normalized spacial score (nSPS) is 36.4. The highest BCUT2D eigenvalue weighted by Gasteiger charge is 2.66. The van der Waals surface area contributed by atoms with E-state index >= 15 is 0 Å². The predicted octanol–water partition coefficient (Wildman–Crippen LogP) is 4.19.